The van der Waals surface area contributed by atoms with Gasteiger partial charge in [-0.05, 0) is 18.2 Å². The van der Waals surface area contributed by atoms with E-state index in [4.69, 9.17) is 4.74 Å². The third kappa shape index (κ3) is 3.43. The molecule has 25 heavy (non-hydrogen) atoms. The van der Waals surface area contributed by atoms with E-state index in [2.05, 4.69) is 4.98 Å². The van der Waals surface area contributed by atoms with Crippen molar-refractivity contribution in [3.05, 3.63) is 63.1 Å². The highest BCUT2D eigenvalue weighted by Gasteiger charge is 2.21. The first-order valence-corrected chi connectivity index (χ1v) is 8.23. The van der Waals surface area contributed by atoms with Gasteiger partial charge in [0.1, 0.15) is 10.8 Å². The first-order chi connectivity index (χ1) is 12.0. The van der Waals surface area contributed by atoms with Gasteiger partial charge in [0.2, 0.25) is 0 Å². The van der Waals surface area contributed by atoms with Crippen molar-refractivity contribution in [2.45, 2.75) is 6.54 Å². The Balaban J connectivity index is 1.86. The number of fused-ring (bicyclic) bond motifs is 1. The molecule has 3 aromatic rings. The number of amides is 1. The van der Waals surface area contributed by atoms with Crippen LogP contribution in [0.15, 0.2) is 42.5 Å². The van der Waals surface area contributed by atoms with E-state index in [1.807, 2.05) is 24.3 Å². The summed E-state index contributed by atoms with van der Waals surface area (Å²) in [4.78, 5) is 29.1. The molecule has 0 atom stereocenters. The number of nitrogens with zero attached hydrogens (tertiary/aromatic N) is 3. The Labute approximate surface area is 147 Å². The van der Waals surface area contributed by atoms with Crippen molar-refractivity contribution in [3.8, 4) is 5.75 Å². The second-order valence-electron chi connectivity index (χ2n) is 5.38. The van der Waals surface area contributed by atoms with E-state index in [-0.39, 0.29) is 17.2 Å². The molecule has 0 spiro atoms. The summed E-state index contributed by atoms with van der Waals surface area (Å²) in [6.45, 7) is 0.310. The number of thiazole rings is 1. The van der Waals surface area contributed by atoms with Crippen molar-refractivity contribution < 1.29 is 14.5 Å². The zero-order chi connectivity index (χ0) is 18.0. The van der Waals surface area contributed by atoms with Gasteiger partial charge in [-0.25, -0.2) is 4.98 Å². The number of nitro groups is 1. The smallest absolute Gasteiger partial charge is 0.270 e. The highest BCUT2D eigenvalue weighted by atomic mass is 32.1. The Hall–Kier alpha value is -3.00. The second-order valence-corrected chi connectivity index (χ2v) is 6.49. The zero-order valence-corrected chi connectivity index (χ0v) is 14.4. The van der Waals surface area contributed by atoms with E-state index < -0.39 is 4.92 Å². The lowest BCUT2D eigenvalue weighted by Gasteiger charge is -2.17. The molecule has 128 valence electrons. The lowest BCUT2D eigenvalue weighted by atomic mass is 10.1. The number of hydrogen-bond acceptors (Lipinski definition) is 6. The maximum atomic E-state index is 12.7. The molecule has 0 saturated carbocycles. The summed E-state index contributed by atoms with van der Waals surface area (Å²) >= 11 is 1.51. The summed E-state index contributed by atoms with van der Waals surface area (Å²) in [5, 5.41) is 11.8. The van der Waals surface area contributed by atoms with Gasteiger partial charge in [0, 0.05) is 19.2 Å². The van der Waals surface area contributed by atoms with Crippen molar-refractivity contribution in [2.75, 3.05) is 14.2 Å². The molecule has 0 fully saturated rings. The third-order valence-electron chi connectivity index (χ3n) is 3.68. The van der Waals surface area contributed by atoms with Gasteiger partial charge in [-0.15, -0.1) is 11.3 Å². The topological polar surface area (TPSA) is 85.6 Å². The minimum Gasteiger partial charge on any atom is -0.496 e. The Bertz CT molecular complexity index is 921. The number of aromatic nitrogens is 1. The molecule has 0 unspecified atom stereocenters. The van der Waals surface area contributed by atoms with Gasteiger partial charge >= 0.3 is 0 Å². The van der Waals surface area contributed by atoms with Crippen LogP contribution in [0.25, 0.3) is 10.2 Å². The van der Waals surface area contributed by atoms with Gasteiger partial charge in [0.05, 0.1) is 34.4 Å². The fourth-order valence-electron chi connectivity index (χ4n) is 2.44. The molecule has 0 radical (unpaired) electrons. The minimum absolute atomic E-state index is 0.153. The average Bonchev–Trinajstić information content (AvgIpc) is 3.02. The van der Waals surface area contributed by atoms with Crippen molar-refractivity contribution in [1.82, 2.24) is 9.88 Å². The Morgan fingerprint density at radius 2 is 2.08 bits per heavy atom. The first-order valence-electron chi connectivity index (χ1n) is 7.42. The van der Waals surface area contributed by atoms with E-state index in [1.165, 1.54) is 41.5 Å². The number of para-hydroxylation sites is 1. The van der Waals surface area contributed by atoms with Gasteiger partial charge in [0.25, 0.3) is 11.6 Å². The summed E-state index contributed by atoms with van der Waals surface area (Å²) in [5.41, 5.74) is 0.883. The number of methoxy groups -OCH3 is 1. The van der Waals surface area contributed by atoms with E-state index in [9.17, 15) is 14.9 Å². The monoisotopic (exact) mass is 357 g/mol. The molecule has 8 heteroatoms. The highest BCUT2D eigenvalue weighted by Crippen LogP contribution is 2.27. The van der Waals surface area contributed by atoms with Crippen LogP contribution in [-0.2, 0) is 6.54 Å². The Kier molecular flexibility index (Phi) is 4.62. The number of benzene rings is 2. The number of carbonyl (C=O) groups excluding carboxylic acids is 1. The third-order valence-corrected chi connectivity index (χ3v) is 4.70. The molecular weight excluding hydrogens is 342 g/mol. The molecule has 1 aromatic heterocycles. The molecule has 7 nitrogen and oxygen atoms in total. The lowest BCUT2D eigenvalue weighted by Crippen LogP contribution is -2.26. The summed E-state index contributed by atoms with van der Waals surface area (Å²) in [5.74, 6) is -0.0634. The first kappa shape index (κ1) is 16.8. The summed E-state index contributed by atoms with van der Waals surface area (Å²) in [7, 11) is 3.05. The number of ether oxygens (including phenoxy) is 1. The number of rotatable bonds is 5. The van der Waals surface area contributed by atoms with Gasteiger partial charge in [-0.1, -0.05) is 12.1 Å². The van der Waals surface area contributed by atoms with Gasteiger partial charge in [0.15, 0.2) is 0 Å². The van der Waals surface area contributed by atoms with Crippen LogP contribution in [-0.4, -0.2) is 34.9 Å². The largest absolute Gasteiger partial charge is 0.496 e. The van der Waals surface area contributed by atoms with Crippen LogP contribution in [0.5, 0.6) is 5.75 Å². The van der Waals surface area contributed by atoms with Crippen molar-refractivity contribution in [3.63, 3.8) is 0 Å². The molecule has 1 amide bonds. The van der Waals surface area contributed by atoms with E-state index in [1.54, 1.807) is 7.05 Å². The van der Waals surface area contributed by atoms with Crippen LogP contribution >= 0.6 is 11.3 Å². The quantitative estimate of drug-likeness (QED) is 0.515. The number of carbonyl (C=O) groups is 1. The second kappa shape index (κ2) is 6.86. The maximum absolute atomic E-state index is 12.7. The standard InChI is InChI=1S/C17H15N3O4S/c1-19(10-16-18-13-5-3-4-6-15(13)25-16)17(21)12-9-11(20(22)23)7-8-14(12)24-2/h3-9H,10H2,1-2H3. The number of hydrogen-bond donors (Lipinski definition) is 0. The molecule has 0 aliphatic carbocycles. The van der Waals surface area contributed by atoms with E-state index >= 15 is 0 Å². The van der Waals surface area contributed by atoms with E-state index in [0.717, 1.165) is 15.2 Å². The average molecular weight is 357 g/mol. The van der Waals surface area contributed by atoms with Crippen LogP contribution in [0.2, 0.25) is 0 Å². The van der Waals surface area contributed by atoms with Crippen molar-refractivity contribution in [2.24, 2.45) is 0 Å². The molecule has 1 heterocycles. The normalized spacial score (nSPS) is 10.6. The van der Waals surface area contributed by atoms with Gasteiger partial charge < -0.3 is 9.64 Å². The predicted octanol–water partition coefficient (Wildman–Crippen LogP) is 3.49. The van der Waals surface area contributed by atoms with E-state index in [0.29, 0.717) is 12.3 Å². The van der Waals surface area contributed by atoms with Crippen LogP contribution in [0.1, 0.15) is 15.4 Å². The van der Waals surface area contributed by atoms with Crippen LogP contribution in [0, 0.1) is 10.1 Å². The van der Waals surface area contributed by atoms with Crippen LogP contribution in [0.3, 0.4) is 0 Å². The fourth-order valence-corrected chi connectivity index (χ4v) is 3.47. The van der Waals surface area contributed by atoms with Gasteiger partial charge in [-0.3, -0.25) is 14.9 Å². The molecule has 0 aliphatic rings. The molecular formula is C17H15N3O4S. The Morgan fingerprint density at radius 3 is 2.76 bits per heavy atom. The molecule has 0 bridgehead atoms. The van der Waals surface area contributed by atoms with Crippen LogP contribution < -0.4 is 4.74 Å². The molecule has 0 N–H and O–H groups in total. The zero-order valence-electron chi connectivity index (χ0n) is 13.6. The van der Waals surface area contributed by atoms with Crippen LogP contribution in [0.4, 0.5) is 5.69 Å². The Morgan fingerprint density at radius 1 is 1.32 bits per heavy atom. The van der Waals surface area contributed by atoms with Gasteiger partial charge in [-0.2, -0.15) is 0 Å². The fraction of sp³-hybridized carbons (Fsp3) is 0.176. The van der Waals surface area contributed by atoms with Crippen molar-refractivity contribution >= 4 is 33.1 Å². The minimum atomic E-state index is -0.538. The maximum Gasteiger partial charge on any atom is 0.270 e. The summed E-state index contributed by atoms with van der Waals surface area (Å²) in [6, 6.07) is 11.7. The molecule has 0 aliphatic heterocycles. The summed E-state index contributed by atoms with van der Waals surface area (Å²) in [6.07, 6.45) is 0. The van der Waals surface area contributed by atoms with Crippen molar-refractivity contribution in [1.29, 1.82) is 0 Å². The number of nitro benzene ring substituents is 1. The number of non-ortho nitro benzene ring substituents is 1. The molecule has 2 aromatic carbocycles. The SMILES string of the molecule is COc1ccc([N+](=O)[O-])cc1C(=O)N(C)Cc1nc2ccccc2s1. The molecule has 0 saturated heterocycles. The highest BCUT2D eigenvalue weighted by molar-refractivity contribution is 7.18. The predicted molar refractivity (Wildman–Crippen MR) is 95.1 cm³/mol. The summed E-state index contributed by atoms with van der Waals surface area (Å²) < 4.78 is 6.21. The molecule has 3 rings (SSSR count). The lowest BCUT2D eigenvalue weighted by molar-refractivity contribution is -0.384.